The molecule has 168 valence electrons. The van der Waals surface area contributed by atoms with Crippen molar-refractivity contribution in [1.29, 1.82) is 5.26 Å². The molecular weight excluding hydrogens is 428 g/mol. The molecule has 1 saturated heterocycles. The second-order valence-corrected chi connectivity index (χ2v) is 9.80. The lowest BCUT2D eigenvalue weighted by molar-refractivity contribution is -0.135. The van der Waals surface area contributed by atoms with Crippen molar-refractivity contribution in [3.05, 3.63) is 65.7 Å². The maximum Gasteiger partial charge on any atom is 0.251 e. The fraction of sp³-hybridized carbons (Fsp3) is 0.348. The highest BCUT2D eigenvalue weighted by atomic mass is 32.2. The zero-order valence-electron chi connectivity index (χ0n) is 18.1. The van der Waals surface area contributed by atoms with Crippen LogP contribution in [0.4, 0.5) is 0 Å². The van der Waals surface area contributed by atoms with Gasteiger partial charge in [-0.15, -0.1) is 0 Å². The van der Waals surface area contributed by atoms with Crippen molar-refractivity contribution in [3.8, 4) is 6.07 Å². The van der Waals surface area contributed by atoms with E-state index in [9.17, 15) is 23.3 Å². The molecule has 1 atom stereocenters. The highest BCUT2D eigenvalue weighted by molar-refractivity contribution is 7.89. The summed E-state index contributed by atoms with van der Waals surface area (Å²) >= 11 is 0. The van der Waals surface area contributed by atoms with Crippen LogP contribution in [0.3, 0.4) is 0 Å². The summed E-state index contributed by atoms with van der Waals surface area (Å²) in [6.07, 6.45) is 0. The van der Waals surface area contributed by atoms with Crippen LogP contribution >= 0.6 is 0 Å². The van der Waals surface area contributed by atoms with Crippen LogP contribution in [0.2, 0.25) is 0 Å². The number of sulfonamides is 1. The molecule has 0 unspecified atom stereocenters. The second-order valence-electron chi connectivity index (χ2n) is 7.90. The van der Waals surface area contributed by atoms with Gasteiger partial charge in [-0.3, -0.25) is 9.59 Å². The van der Waals surface area contributed by atoms with Gasteiger partial charge in [-0.1, -0.05) is 44.2 Å². The Kier molecular flexibility index (Phi) is 7.28. The predicted octanol–water partition coefficient (Wildman–Crippen LogP) is 1.85. The first-order chi connectivity index (χ1) is 15.3. The number of rotatable bonds is 6. The number of benzene rings is 2. The van der Waals surface area contributed by atoms with Crippen molar-refractivity contribution >= 4 is 21.8 Å². The van der Waals surface area contributed by atoms with E-state index in [-0.39, 0.29) is 54.4 Å². The van der Waals surface area contributed by atoms with Gasteiger partial charge in [0.2, 0.25) is 15.9 Å². The average molecular weight is 455 g/mol. The highest BCUT2D eigenvalue weighted by Crippen LogP contribution is 2.21. The predicted molar refractivity (Wildman–Crippen MR) is 119 cm³/mol. The molecule has 0 bridgehead atoms. The van der Waals surface area contributed by atoms with Crippen molar-refractivity contribution in [1.82, 2.24) is 14.5 Å². The minimum atomic E-state index is -3.84. The fourth-order valence-electron chi connectivity index (χ4n) is 3.60. The maximum atomic E-state index is 13.1. The molecule has 32 heavy (non-hydrogen) atoms. The summed E-state index contributed by atoms with van der Waals surface area (Å²) in [6, 6.07) is 16.0. The van der Waals surface area contributed by atoms with Gasteiger partial charge < -0.3 is 10.2 Å². The Bertz CT molecular complexity index is 1120. The van der Waals surface area contributed by atoms with Crippen molar-refractivity contribution in [2.45, 2.75) is 24.8 Å². The molecule has 1 aliphatic heterocycles. The van der Waals surface area contributed by atoms with E-state index in [1.165, 1.54) is 16.4 Å². The first kappa shape index (κ1) is 23.4. The van der Waals surface area contributed by atoms with Gasteiger partial charge >= 0.3 is 0 Å². The van der Waals surface area contributed by atoms with Crippen LogP contribution < -0.4 is 5.32 Å². The van der Waals surface area contributed by atoms with E-state index in [1.807, 2.05) is 26.0 Å². The Morgan fingerprint density at radius 1 is 0.969 bits per heavy atom. The first-order valence-electron chi connectivity index (χ1n) is 10.4. The number of nitrogens with one attached hydrogen (secondary N) is 1. The highest BCUT2D eigenvalue weighted by Gasteiger charge is 2.35. The lowest BCUT2D eigenvalue weighted by Gasteiger charge is -2.36. The molecule has 0 spiro atoms. The number of carbonyl (C=O) groups excluding carboxylic acids is 2. The van der Waals surface area contributed by atoms with Crippen LogP contribution in [0, 0.1) is 17.2 Å². The van der Waals surface area contributed by atoms with E-state index < -0.39 is 16.1 Å². The molecule has 0 aliphatic carbocycles. The number of carbonyl (C=O) groups is 2. The van der Waals surface area contributed by atoms with Gasteiger partial charge in [-0.2, -0.15) is 9.57 Å². The summed E-state index contributed by atoms with van der Waals surface area (Å²) in [7, 11) is -3.84. The molecule has 1 aliphatic rings. The zero-order chi connectivity index (χ0) is 23.3. The van der Waals surface area contributed by atoms with Crippen molar-refractivity contribution in [2.75, 3.05) is 26.2 Å². The molecule has 0 saturated carbocycles. The topological polar surface area (TPSA) is 111 Å². The minimum absolute atomic E-state index is 0.0301. The lowest BCUT2D eigenvalue weighted by atomic mass is 10.0. The van der Waals surface area contributed by atoms with E-state index in [0.717, 1.165) is 0 Å². The van der Waals surface area contributed by atoms with Crippen LogP contribution in [0.1, 0.15) is 29.8 Å². The zero-order valence-corrected chi connectivity index (χ0v) is 18.9. The lowest BCUT2D eigenvalue weighted by Crippen LogP contribution is -2.57. The summed E-state index contributed by atoms with van der Waals surface area (Å²) in [5, 5.41) is 12.1. The third-order valence-electron chi connectivity index (χ3n) is 5.43. The molecule has 2 amide bonds. The molecule has 1 N–H and O–H groups in total. The molecule has 2 aromatic rings. The van der Waals surface area contributed by atoms with E-state index in [1.54, 1.807) is 41.3 Å². The summed E-state index contributed by atoms with van der Waals surface area (Å²) in [4.78, 5) is 27.2. The molecule has 0 aromatic heterocycles. The molecule has 9 heteroatoms. The number of piperazine rings is 1. The largest absolute Gasteiger partial charge is 0.340 e. The normalized spacial score (nSPS) is 15.8. The quantitative estimate of drug-likeness (QED) is 0.716. The number of nitriles is 1. The van der Waals surface area contributed by atoms with E-state index in [0.29, 0.717) is 5.56 Å². The van der Waals surface area contributed by atoms with Gasteiger partial charge in [-0.05, 0) is 30.2 Å². The molecule has 3 rings (SSSR count). The molecular formula is C23H26N4O4S. The summed E-state index contributed by atoms with van der Waals surface area (Å²) in [5.41, 5.74) is 0.563. The maximum absolute atomic E-state index is 13.1. The number of hydrogen-bond acceptors (Lipinski definition) is 5. The number of amides is 2. The van der Waals surface area contributed by atoms with Crippen LogP contribution in [0.5, 0.6) is 0 Å². The summed E-state index contributed by atoms with van der Waals surface area (Å²) in [6.45, 7) is 4.35. The minimum Gasteiger partial charge on any atom is -0.340 e. The Labute approximate surface area is 188 Å². The Hall–Kier alpha value is -3.22. The Balaban J connectivity index is 1.68. The molecule has 2 aromatic carbocycles. The van der Waals surface area contributed by atoms with E-state index in [2.05, 4.69) is 5.32 Å². The third kappa shape index (κ3) is 4.98. The van der Waals surface area contributed by atoms with Crippen LogP contribution in [-0.2, 0) is 14.8 Å². The van der Waals surface area contributed by atoms with Gasteiger partial charge in [-0.25, -0.2) is 8.42 Å². The van der Waals surface area contributed by atoms with Crippen molar-refractivity contribution in [3.63, 3.8) is 0 Å². The smallest absolute Gasteiger partial charge is 0.251 e. The molecule has 1 fully saturated rings. The SMILES string of the molecule is CC(C)[C@H](NC(=O)c1ccccc1)C(=O)N1CCN(S(=O)(=O)c2ccccc2C#N)CC1. The molecule has 1 heterocycles. The van der Waals surface area contributed by atoms with Gasteiger partial charge in [0.25, 0.3) is 5.91 Å². The van der Waals surface area contributed by atoms with Crippen LogP contribution in [0.25, 0.3) is 0 Å². The van der Waals surface area contributed by atoms with Crippen LogP contribution in [-0.4, -0.2) is 61.7 Å². The summed E-state index contributed by atoms with van der Waals surface area (Å²) < 4.78 is 27.3. The van der Waals surface area contributed by atoms with E-state index in [4.69, 9.17) is 0 Å². The standard InChI is InChI=1S/C23H26N4O4S/c1-17(2)21(25-22(28)18-8-4-3-5-9-18)23(29)26-12-14-27(15-13-26)32(30,31)20-11-7-6-10-19(20)16-24/h3-11,17,21H,12-15H2,1-2H3,(H,25,28)/t21-/m0/s1. The average Bonchev–Trinajstić information content (AvgIpc) is 2.82. The van der Waals surface area contributed by atoms with E-state index >= 15 is 0 Å². The monoisotopic (exact) mass is 454 g/mol. The molecule has 0 radical (unpaired) electrons. The third-order valence-corrected chi connectivity index (χ3v) is 7.39. The number of hydrogen-bond donors (Lipinski definition) is 1. The van der Waals surface area contributed by atoms with Crippen LogP contribution in [0.15, 0.2) is 59.5 Å². The second kappa shape index (κ2) is 9.94. The van der Waals surface area contributed by atoms with Crippen molar-refractivity contribution < 1.29 is 18.0 Å². The van der Waals surface area contributed by atoms with Gasteiger partial charge in [0.1, 0.15) is 12.1 Å². The number of nitrogens with zero attached hydrogens (tertiary/aromatic N) is 3. The van der Waals surface area contributed by atoms with Gasteiger partial charge in [0.05, 0.1) is 10.5 Å². The fourth-order valence-corrected chi connectivity index (χ4v) is 5.16. The van der Waals surface area contributed by atoms with Gasteiger partial charge in [0, 0.05) is 31.7 Å². The Morgan fingerprint density at radius 3 is 2.16 bits per heavy atom. The molecule has 8 nitrogen and oxygen atoms in total. The Morgan fingerprint density at radius 2 is 1.56 bits per heavy atom. The first-order valence-corrected chi connectivity index (χ1v) is 11.8. The summed E-state index contributed by atoms with van der Waals surface area (Å²) in [5.74, 6) is -0.704. The van der Waals surface area contributed by atoms with Crippen molar-refractivity contribution in [2.24, 2.45) is 5.92 Å². The van der Waals surface area contributed by atoms with Gasteiger partial charge in [0.15, 0.2) is 0 Å².